The largest absolute Gasteiger partial charge is 0.384 e. The van der Waals surface area contributed by atoms with Gasteiger partial charge in [0.25, 0.3) is 20.2 Å². The van der Waals surface area contributed by atoms with Crippen LogP contribution in [0, 0.1) is 0 Å². The van der Waals surface area contributed by atoms with E-state index in [1.54, 1.807) is 0 Å². The van der Waals surface area contributed by atoms with Crippen LogP contribution in [0.4, 0.5) is 123 Å². The summed E-state index contributed by atoms with van der Waals surface area (Å²) in [6.45, 7) is -8.34. The second-order valence-electron chi connectivity index (χ2n) is 11.9. The van der Waals surface area contributed by atoms with Gasteiger partial charge in [0, 0.05) is 5.39 Å². The van der Waals surface area contributed by atoms with Crippen LogP contribution in [0.2, 0.25) is 0 Å². The molecule has 0 saturated heterocycles. The van der Waals surface area contributed by atoms with E-state index in [4.69, 9.17) is 0 Å². The highest BCUT2D eigenvalue weighted by Crippen LogP contribution is 2.62. The molecule has 2 aromatic carbocycles. The van der Waals surface area contributed by atoms with E-state index in [9.17, 15) is 140 Å². The van der Waals surface area contributed by atoms with Crippen molar-refractivity contribution in [1.29, 1.82) is 0 Å². The first-order valence-electron chi connectivity index (χ1n) is 14.4. The van der Waals surface area contributed by atoms with Crippen LogP contribution < -0.4 is 0 Å². The summed E-state index contributed by atoms with van der Waals surface area (Å²) in [6, 6.07) is 2.07. The standard InChI is InChI=1S/C26H12F28O6S2/c27-13(28)17(35,36)21(43,44)25(51,52)23(47,48)19(39,40)15(31,32)7-59-61(55,56)11-6-5-9-3-1-2-4-10(9)12(11)62(57,58)60-8-16(33,34)20(41,42)24(49,50)26(53,54)22(45,46)18(37,38)14(29)30/h1-6,13-14H,7-8H2. The number of hydrogen-bond acceptors (Lipinski definition) is 6. The van der Waals surface area contributed by atoms with Crippen molar-refractivity contribution in [3.05, 3.63) is 36.4 Å². The maximum Gasteiger partial charge on any atom is 0.384 e. The van der Waals surface area contributed by atoms with E-state index in [1.165, 1.54) is 0 Å². The predicted octanol–water partition coefficient (Wildman–Crippen LogP) is 10.4. The zero-order valence-electron chi connectivity index (χ0n) is 27.9. The van der Waals surface area contributed by atoms with Gasteiger partial charge in [-0.15, -0.1) is 0 Å². The molecule has 62 heavy (non-hydrogen) atoms. The Morgan fingerprint density at radius 2 is 0.710 bits per heavy atom. The average Bonchev–Trinajstić information content (AvgIpc) is 3.11. The molecule has 0 radical (unpaired) electrons. The molecule has 2 rings (SSSR count). The normalized spacial score (nSPS) is 15.9. The number of fused-ring (bicyclic) bond motifs is 1. The van der Waals surface area contributed by atoms with Gasteiger partial charge in [-0.1, -0.05) is 30.3 Å². The van der Waals surface area contributed by atoms with Gasteiger partial charge in [-0.25, -0.2) is 17.6 Å². The van der Waals surface area contributed by atoms with Crippen LogP contribution in [0.1, 0.15) is 0 Å². The molecular formula is C26H12F28O6S2. The minimum absolute atomic E-state index is 0.234. The summed E-state index contributed by atoms with van der Waals surface area (Å²) in [6.07, 6.45) is -12.2. The van der Waals surface area contributed by atoms with Gasteiger partial charge in [-0.2, -0.15) is 122 Å². The fourth-order valence-corrected chi connectivity index (χ4v) is 7.03. The molecule has 360 valence electrons. The van der Waals surface area contributed by atoms with Crippen molar-refractivity contribution < 1.29 is 148 Å². The van der Waals surface area contributed by atoms with Crippen LogP contribution in [0.25, 0.3) is 10.8 Å². The summed E-state index contributed by atoms with van der Waals surface area (Å²) >= 11 is 0. The molecular weight excluding hydrogens is 1000 g/mol. The Morgan fingerprint density at radius 3 is 1.05 bits per heavy atom. The van der Waals surface area contributed by atoms with E-state index < -0.39 is 138 Å². The Hall–Kier alpha value is -3.44. The minimum atomic E-state index is -8.66. The monoisotopic (exact) mass is 1020 g/mol. The van der Waals surface area contributed by atoms with Gasteiger partial charge in [-0.3, -0.25) is 8.37 Å². The molecule has 0 spiro atoms. The van der Waals surface area contributed by atoms with Crippen LogP contribution in [-0.2, 0) is 28.6 Å². The quantitative estimate of drug-likeness (QED) is 0.0970. The zero-order valence-corrected chi connectivity index (χ0v) is 29.5. The summed E-state index contributed by atoms with van der Waals surface area (Å²) in [5.41, 5.74) is 0. The van der Waals surface area contributed by atoms with Crippen molar-refractivity contribution in [3.8, 4) is 0 Å². The molecule has 0 N–H and O–H groups in total. The molecule has 0 heterocycles. The molecule has 0 atom stereocenters. The second-order valence-corrected chi connectivity index (χ2v) is 15.0. The topological polar surface area (TPSA) is 86.7 Å². The average molecular weight is 1020 g/mol. The molecule has 2 aromatic rings. The van der Waals surface area contributed by atoms with E-state index in [-0.39, 0.29) is 18.2 Å². The fourth-order valence-electron chi connectivity index (χ4n) is 4.23. The van der Waals surface area contributed by atoms with Gasteiger partial charge in [0.2, 0.25) is 0 Å². The van der Waals surface area contributed by atoms with E-state index >= 15 is 0 Å². The highest BCUT2D eigenvalue weighted by atomic mass is 32.2. The lowest BCUT2D eigenvalue weighted by atomic mass is 9.91. The van der Waals surface area contributed by atoms with Crippen LogP contribution in [0.5, 0.6) is 0 Å². The molecule has 36 heteroatoms. The number of halogens is 28. The molecule has 0 amide bonds. The second kappa shape index (κ2) is 15.6. The van der Waals surface area contributed by atoms with Crippen molar-refractivity contribution in [2.75, 3.05) is 13.2 Å². The van der Waals surface area contributed by atoms with Crippen molar-refractivity contribution in [1.82, 2.24) is 0 Å². The number of hydrogen-bond donors (Lipinski definition) is 0. The number of benzene rings is 2. The molecule has 0 aliphatic heterocycles. The number of alkyl halides is 28. The third kappa shape index (κ3) is 7.91. The molecule has 0 aliphatic carbocycles. The Bertz CT molecular complexity index is 2190. The highest BCUT2D eigenvalue weighted by molar-refractivity contribution is 7.90. The van der Waals surface area contributed by atoms with Crippen LogP contribution >= 0.6 is 0 Å². The summed E-state index contributed by atoms with van der Waals surface area (Å²) < 4.78 is 439. The van der Waals surface area contributed by atoms with Crippen LogP contribution in [0.3, 0.4) is 0 Å². The van der Waals surface area contributed by atoms with E-state index in [0.29, 0.717) is 12.1 Å². The van der Waals surface area contributed by atoms with Gasteiger partial charge in [0.05, 0.1) is 0 Å². The van der Waals surface area contributed by atoms with Crippen LogP contribution in [0.15, 0.2) is 46.2 Å². The van der Waals surface area contributed by atoms with Crippen molar-refractivity contribution in [3.63, 3.8) is 0 Å². The van der Waals surface area contributed by atoms with E-state index in [0.717, 1.165) is 6.07 Å². The maximum atomic E-state index is 14.4. The van der Waals surface area contributed by atoms with Gasteiger partial charge in [0.1, 0.15) is 23.0 Å². The first kappa shape index (κ1) is 54.7. The first-order chi connectivity index (χ1) is 27.0. The van der Waals surface area contributed by atoms with Gasteiger partial charge < -0.3 is 0 Å². The lowest BCUT2D eigenvalue weighted by molar-refractivity contribution is -0.433. The van der Waals surface area contributed by atoms with Crippen LogP contribution in [-0.4, -0.2) is 114 Å². The first-order valence-corrected chi connectivity index (χ1v) is 17.2. The lowest BCUT2D eigenvalue weighted by Crippen LogP contribution is -2.72. The molecule has 0 saturated carbocycles. The Balaban J connectivity index is 2.69. The zero-order chi connectivity index (χ0) is 49.5. The van der Waals surface area contributed by atoms with Crippen molar-refractivity contribution in [2.45, 2.75) is 93.7 Å². The summed E-state index contributed by atoms with van der Waals surface area (Å²) in [7, 11) is -14.1. The third-order valence-corrected chi connectivity index (χ3v) is 10.6. The third-order valence-electron chi connectivity index (χ3n) is 7.82. The fraction of sp³-hybridized carbons (Fsp3) is 0.615. The molecule has 6 nitrogen and oxygen atoms in total. The molecule has 0 fully saturated rings. The van der Waals surface area contributed by atoms with E-state index in [2.05, 4.69) is 8.37 Å². The lowest BCUT2D eigenvalue weighted by Gasteiger charge is -2.41. The summed E-state index contributed by atoms with van der Waals surface area (Å²) in [5.74, 6) is -98.4. The smallest absolute Gasteiger partial charge is 0.260 e. The van der Waals surface area contributed by atoms with E-state index in [1.807, 2.05) is 0 Å². The maximum absolute atomic E-state index is 14.4. The van der Waals surface area contributed by atoms with Gasteiger partial charge >= 0.3 is 83.9 Å². The summed E-state index contributed by atoms with van der Waals surface area (Å²) in [4.78, 5) is -5.15. The van der Waals surface area contributed by atoms with Gasteiger partial charge in [0.15, 0.2) is 0 Å². The summed E-state index contributed by atoms with van der Waals surface area (Å²) in [5, 5.41) is -2.28. The highest BCUT2D eigenvalue weighted by Gasteiger charge is 2.92. The molecule has 0 aromatic heterocycles. The van der Waals surface area contributed by atoms with Gasteiger partial charge in [-0.05, 0) is 11.5 Å². The molecule has 0 aliphatic rings. The van der Waals surface area contributed by atoms with Crippen molar-refractivity contribution >= 4 is 31.0 Å². The SMILES string of the molecule is O=S(=O)(OCC(F)(F)C(F)(F)C(F)(F)C(F)(F)C(F)(F)C(F)(F)C(F)F)c1ccc2ccccc2c1S(=O)(=O)OCC(F)(F)C(F)(F)C(F)(F)C(F)(F)C(F)(F)C(F)(F)C(F)F. The molecule has 0 unspecified atom stereocenters. The predicted molar refractivity (Wildman–Crippen MR) is 142 cm³/mol. The Labute approximate surface area is 322 Å². The number of rotatable bonds is 20. The minimum Gasteiger partial charge on any atom is -0.260 e. The Morgan fingerprint density at radius 1 is 0.403 bits per heavy atom. The molecule has 0 bridgehead atoms. The Kier molecular flexibility index (Phi) is 13.8. The van der Waals surface area contributed by atoms with Crippen molar-refractivity contribution in [2.24, 2.45) is 0 Å².